The van der Waals surface area contributed by atoms with Crippen LogP contribution >= 0.6 is 0 Å². The summed E-state index contributed by atoms with van der Waals surface area (Å²) in [4.78, 5) is 10.4. The molecule has 0 aromatic carbocycles. The lowest BCUT2D eigenvalue weighted by Crippen LogP contribution is -2.38. The van der Waals surface area contributed by atoms with Gasteiger partial charge in [0.25, 0.3) is 0 Å². The minimum absolute atomic E-state index is 0.0996. The Balaban J connectivity index is 3.92. The number of carbonyl (C=O) groups is 1. The van der Waals surface area contributed by atoms with E-state index >= 15 is 0 Å². The van der Waals surface area contributed by atoms with Crippen molar-refractivity contribution >= 4 is 16.0 Å². The highest BCUT2D eigenvalue weighted by atomic mass is 32.2. The van der Waals surface area contributed by atoms with Gasteiger partial charge in [-0.2, -0.15) is 0 Å². The van der Waals surface area contributed by atoms with Crippen molar-refractivity contribution in [2.24, 2.45) is 0 Å². The molecule has 2 N–H and O–H groups in total. The summed E-state index contributed by atoms with van der Waals surface area (Å²) < 4.78 is 23.6. The molecule has 0 radical (unpaired) electrons. The Morgan fingerprint density at radius 3 is 2.36 bits per heavy atom. The van der Waals surface area contributed by atoms with Crippen LogP contribution in [-0.4, -0.2) is 56.2 Å². The first-order valence-electron chi connectivity index (χ1n) is 4.13. The second-order valence-corrected chi connectivity index (χ2v) is 5.41. The molecule has 0 heterocycles. The van der Waals surface area contributed by atoms with Crippen molar-refractivity contribution in [3.8, 4) is 0 Å². The minimum Gasteiger partial charge on any atom is -0.480 e. The van der Waals surface area contributed by atoms with E-state index in [0.717, 1.165) is 4.31 Å². The molecule has 0 rings (SSSR count). The first-order valence-corrected chi connectivity index (χ1v) is 5.74. The van der Waals surface area contributed by atoms with E-state index < -0.39 is 22.0 Å². The quantitative estimate of drug-likeness (QED) is 0.600. The van der Waals surface area contributed by atoms with Gasteiger partial charge >= 0.3 is 5.97 Å². The van der Waals surface area contributed by atoms with Gasteiger partial charge in [0.05, 0.1) is 5.75 Å². The zero-order chi connectivity index (χ0) is 11.4. The molecule has 6 nitrogen and oxygen atoms in total. The van der Waals surface area contributed by atoms with Crippen molar-refractivity contribution < 1.29 is 18.3 Å². The fourth-order valence-electron chi connectivity index (χ4n) is 0.674. The van der Waals surface area contributed by atoms with Gasteiger partial charge in [-0.3, -0.25) is 4.79 Å². The van der Waals surface area contributed by atoms with Crippen LogP contribution in [-0.2, 0) is 14.8 Å². The molecule has 0 aromatic rings. The number of carboxylic acid groups (broad SMARTS) is 1. The molecule has 84 valence electrons. The van der Waals surface area contributed by atoms with Gasteiger partial charge in [-0.15, -0.1) is 0 Å². The van der Waals surface area contributed by atoms with E-state index in [9.17, 15) is 13.2 Å². The molecular formula is C7H16N2O4S. The number of nitrogens with one attached hydrogen (secondary N) is 1. The lowest BCUT2D eigenvalue weighted by molar-refractivity contribution is -0.138. The number of hydrogen-bond donors (Lipinski definition) is 2. The summed E-state index contributed by atoms with van der Waals surface area (Å²) in [7, 11) is -0.361. The van der Waals surface area contributed by atoms with Gasteiger partial charge in [-0.05, 0) is 6.92 Å². The van der Waals surface area contributed by atoms with Crippen molar-refractivity contribution in [3.05, 3.63) is 0 Å². The average molecular weight is 224 g/mol. The van der Waals surface area contributed by atoms with Crippen molar-refractivity contribution in [1.82, 2.24) is 9.62 Å². The van der Waals surface area contributed by atoms with Crippen LogP contribution in [0.4, 0.5) is 0 Å². The third-order valence-electron chi connectivity index (χ3n) is 1.74. The molecule has 0 fully saturated rings. The first kappa shape index (κ1) is 13.3. The molecule has 0 aliphatic rings. The number of aliphatic carboxylic acids is 1. The smallest absolute Gasteiger partial charge is 0.320 e. The summed E-state index contributed by atoms with van der Waals surface area (Å²) in [6.45, 7) is 1.60. The fourth-order valence-corrected chi connectivity index (χ4v) is 1.42. The van der Waals surface area contributed by atoms with Crippen molar-refractivity contribution in [3.63, 3.8) is 0 Å². The molecule has 0 aliphatic heterocycles. The van der Waals surface area contributed by atoms with Crippen LogP contribution in [0.2, 0.25) is 0 Å². The highest BCUT2D eigenvalue weighted by Crippen LogP contribution is 1.92. The molecule has 0 saturated heterocycles. The topological polar surface area (TPSA) is 86.7 Å². The molecule has 1 unspecified atom stereocenters. The van der Waals surface area contributed by atoms with Crippen LogP contribution in [0.3, 0.4) is 0 Å². The van der Waals surface area contributed by atoms with E-state index in [1.54, 1.807) is 0 Å². The molecular weight excluding hydrogens is 208 g/mol. The van der Waals surface area contributed by atoms with Crippen LogP contribution in [0.1, 0.15) is 6.92 Å². The van der Waals surface area contributed by atoms with E-state index in [-0.39, 0.29) is 12.3 Å². The van der Waals surface area contributed by atoms with Gasteiger partial charge in [-0.1, -0.05) is 0 Å². The predicted octanol–water partition coefficient (Wildman–Crippen LogP) is -1.06. The van der Waals surface area contributed by atoms with Crippen LogP contribution in [0.15, 0.2) is 0 Å². The Bertz CT molecular complexity index is 286. The maximum absolute atomic E-state index is 11.2. The maximum Gasteiger partial charge on any atom is 0.320 e. The molecule has 0 saturated carbocycles. The van der Waals surface area contributed by atoms with Gasteiger partial charge in [0, 0.05) is 20.6 Å². The molecule has 0 aliphatic carbocycles. The van der Waals surface area contributed by atoms with Crippen LogP contribution in [0, 0.1) is 0 Å². The number of sulfonamides is 1. The monoisotopic (exact) mass is 224 g/mol. The molecule has 0 aromatic heterocycles. The van der Waals surface area contributed by atoms with Crippen molar-refractivity contribution in [2.75, 3.05) is 26.4 Å². The van der Waals surface area contributed by atoms with Gasteiger partial charge in [0.1, 0.15) is 6.04 Å². The second kappa shape index (κ2) is 5.28. The molecule has 7 heteroatoms. The van der Waals surface area contributed by atoms with E-state index in [0.29, 0.717) is 0 Å². The third-order valence-corrected chi connectivity index (χ3v) is 3.57. The summed E-state index contributed by atoms with van der Waals surface area (Å²) in [6, 6.07) is -0.729. The predicted molar refractivity (Wildman–Crippen MR) is 52.6 cm³/mol. The van der Waals surface area contributed by atoms with E-state index in [2.05, 4.69) is 5.32 Å². The minimum atomic E-state index is -3.24. The summed E-state index contributed by atoms with van der Waals surface area (Å²) in [6.07, 6.45) is 0. The second-order valence-electron chi connectivity index (χ2n) is 3.11. The number of rotatable bonds is 6. The Morgan fingerprint density at radius 1 is 1.50 bits per heavy atom. The maximum atomic E-state index is 11.2. The van der Waals surface area contributed by atoms with E-state index in [1.165, 1.54) is 21.0 Å². The summed E-state index contributed by atoms with van der Waals surface area (Å²) in [5.41, 5.74) is 0. The molecule has 1 atom stereocenters. The van der Waals surface area contributed by atoms with Crippen molar-refractivity contribution in [1.29, 1.82) is 0 Å². The van der Waals surface area contributed by atoms with Gasteiger partial charge in [-0.25, -0.2) is 12.7 Å². The Hall–Kier alpha value is -0.660. The van der Waals surface area contributed by atoms with Gasteiger partial charge in [0.15, 0.2) is 0 Å². The summed E-state index contributed by atoms with van der Waals surface area (Å²) >= 11 is 0. The number of hydrogen-bond acceptors (Lipinski definition) is 4. The lowest BCUT2D eigenvalue weighted by atomic mass is 10.3. The molecule has 0 amide bonds. The number of nitrogens with zero attached hydrogens (tertiary/aromatic N) is 1. The van der Waals surface area contributed by atoms with Gasteiger partial charge in [0.2, 0.25) is 10.0 Å². The SMILES string of the molecule is CC(NCCS(=O)(=O)N(C)C)C(=O)O. The van der Waals surface area contributed by atoms with Crippen LogP contribution < -0.4 is 5.32 Å². The normalized spacial score (nSPS) is 14.3. The lowest BCUT2D eigenvalue weighted by Gasteiger charge is -2.13. The largest absolute Gasteiger partial charge is 0.480 e. The van der Waals surface area contributed by atoms with Crippen molar-refractivity contribution in [2.45, 2.75) is 13.0 Å². The Kier molecular flexibility index (Phi) is 5.03. The Morgan fingerprint density at radius 2 is 2.00 bits per heavy atom. The summed E-state index contributed by atoms with van der Waals surface area (Å²) in [5, 5.41) is 11.1. The highest BCUT2D eigenvalue weighted by Gasteiger charge is 2.15. The molecule has 14 heavy (non-hydrogen) atoms. The molecule has 0 spiro atoms. The number of carboxylic acids is 1. The third kappa shape index (κ3) is 4.54. The summed E-state index contributed by atoms with van der Waals surface area (Å²) in [5.74, 6) is -1.09. The van der Waals surface area contributed by atoms with Crippen LogP contribution in [0.25, 0.3) is 0 Å². The average Bonchev–Trinajstić information content (AvgIpc) is 2.03. The molecule has 0 bridgehead atoms. The first-order chi connectivity index (χ1) is 6.27. The Labute approximate surface area is 84.0 Å². The zero-order valence-corrected chi connectivity index (χ0v) is 9.34. The van der Waals surface area contributed by atoms with E-state index in [1.807, 2.05) is 0 Å². The van der Waals surface area contributed by atoms with Gasteiger partial charge < -0.3 is 10.4 Å². The fraction of sp³-hybridized carbons (Fsp3) is 0.857. The van der Waals surface area contributed by atoms with E-state index in [4.69, 9.17) is 5.11 Å². The zero-order valence-electron chi connectivity index (χ0n) is 8.52. The highest BCUT2D eigenvalue weighted by molar-refractivity contribution is 7.89. The van der Waals surface area contributed by atoms with Crippen LogP contribution in [0.5, 0.6) is 0 Å². The standard InChI is InChI=1S/C7H16N2O4S/c1-6(7(10)11)8-4-5-14(12,13)9(2)3/h6,8H,4-5H2,1-3H3,(H,10,11).